The molecular formula is C15H23N3S2. The van der Waals surface area contributed by atoms with Crippen molar-refractivity contribution in [3.05, 3.63) is 22.0 Å². The highest BCUT2D eigenvalue weighted by atomic mass is 32.1. The average Bonchev–Trinajstić information content (AvgIpc) is 3.02. The second kappa shape index (κ2) is 6.78. The number of hydrogen-bond donors (Lipinski definition) is 1. The van der Waals surface area contributed by atoms with Gasteiger partial charge in [-0.2, -0.15) is 0 Å². The zero-order valence-corrected chi connectivity index (χ0v) is 14.3. The Morgan fingerprint density at radius 1 is 1.15 bits per heavy atom. The summed E-state index contributed by atoms with van der Waals surface area (Å²) in [7, 11) is 0. The van der Waals surface area contributed by atoms with E-state index in [2.05, 4.69) is 55.3 Å². The molecule has 0 unspecified atom stereocenters. The summed E-state index contributed by atoms with van der Waals surface area (Å²) in [5.41, 5.74) is 0.194. The van der Waals surface area contributed by atoms with E-state index in [0.717, 1.165) is 35.8 Å². The summed E-state index contributed by atoms with van der Waals surface area (Å²) in [4.78, 5) is 2.66. The van der Waals surface area contributed by atoms with Gasteiger partial charge in [0, 0.05) is 16.8 Å². The van der Waals surface area contributed by atoms with Crippen LogP contribution >= 0.6 is 22.7 Å². The molecule has 0 fully saturated rings. The van der Waals surface area contributed by atoms with E-state index in [-0.39, 0.29) is 5.54 Å². The van der Waals surface area contributed by atoms with Crippen LogP contribution in [0, 0.1) is 0 Å². The molecule has 0 aliphatic heterocycles. The van der Waals surface area contributed by atoms with Crippen molar-refractivity contribution >= 4 is 22.7 Å². The number of thiophene rings is 1. The molecule has 2 aromatic heterocycles. The maximum absolute atomic E-state index is 4.32. The summed E-state index contributed by atoms with van der Waals surface area (Å²) >= 11 is 3.55. The van der Waals surface area contributed by atoms with Crippen LogP contribution in [0.2, 0.25) is 0 Å². The van der Waals surface area contributed by atoms with Gasteiger partial charge in [-0.25, -0.2) is 0 Å². The normalized spacial score (nSPS) is 12.0. The molecule has 0 amide bonds. The number of rotatable bonds is 6. The summed E-state index contributed by atoms with van der Waals surface area (Å²) in [5.74, 6) is 0. The van der Waals surface area contributed by atoms with E-state index in [1.807, 2.05) is 11.3 Å². The largest absolute Gasteiger partial charge is 0.312 e. The van der Waals surface area contributed by atoms with Crippen LogP contribution < -0.4 is 5.32 Å². The predicted molar refractivity (Wildman–Crippen MR) is 88.7 cm³/mol. The van der Waals surface area contributed by atoms with E-state index in [1.54, 1.807) is 11.3 Å². The first-order valence-corrected chi connectivity index (χ1v) is 8.78. The molecule has 2 aromatic rings. The summed E-state index contributed by atoms with van der Waals surface area (Å²) in [6, 6.07) is 4.35. The number of hydrogen-bond acceptors (Lipinski definition) is 5. The van der Waals surface area contributed by atoms with Crippen LogP contribution in [-0.2, 0) is 12.8 Å². The third-order valence-corrected chi connectivity index (χ3v) is 5.29. The Morgan fingerprint density at radius 3 is 2.60 bits per heavy atom. The lowest BCUT2D eigenvalue weighted by molar-refractivity contribution is 0.422. The highest BCUT2D eigenvalue weighted by molar-refractivity contribution is 7.21. The van der Waals surface area contributed by atoms with E-state index >= 15 is 0 Å². The van der Waals surface area contributed by atoms with Gasteiger partial charge in [-0.15, -0.1) is 21.5 Å². The van der Waals surface area contributed by atoms with Crippen molar-refractivity contribution in [2.75, 3.05) is 6.54 Å². The Hall–Kier alpha value is -0.780. The molecule has 0 aliphatic carbocycles. The van der Waals surface area contributed by atoms with Crippen molar-refractivity contribution in [2.24, 2.45) is 0 Å². The van der Waals surface area contributed by atoms with Crippen molar-refractivity contribution in [1.29, 1.82) is 0 Å². The first-order chi connectivity index (χ1) is 9.48. The van der Waals surface area contributed by atoms with Crippen molar-refractivity contribution < 1.29 is 0 Å². The fourth-order valence-electron chi connectivity index (χ4n) is 1.84. The highest BCUT2D eigenvalue weighted by Gasteiger charge is 2.10. The first kappa shape index (κ1) is 15.6. The number of nitrogens with zero attached hydrogens (tertiary/aromatic N) is 2. The van der Waals surface area contributed by atoms with E-state index in [9.17, 15) is 0 Å². The molecule has 0 saturated carbocycles. The van der Waals surface area contributed by atoms with Crippen LogP contribution in [0.15, 0.2) is 12.1 Å². The van der Waals surface area contributed by atoms with E-state index in [0.29, 0.717) is 0 Å². The zero-order valence-electron chi connectivity index (χ0n) is 12.7. The smallest absolute Gasteiger partial charge is 0.157 e. The highest BCUT2D eigenvalue weighted by Crippen LogP contribution is 2.30. The van der Waals surface area contributed by atoms with Gasteiger partial charge >= 0.3 is 0 Å². The van der Waals surface area contributed by atoms with Gasteiger partial charge in [0.2, 0.25) is 0 Å². The average molecular weight is 310 g/mol. The molecule has 0 aliphatic rings. The van der Waals surface area contributed by atoms with Gasteiger partial charge in [0.15, 0.2) is 5.01 Å². The van der Waals surface area contributed by atoms with E-state index in [4.69, 9.17) is 0 Å². The molecule has 0 saturated heterocycles. The maximum atomic E-state index is 4.32. The molecule has 0 spiro atoms. The van der Waals surface area contributed by atoms with Crippen molar-refractivity contribution in [1.82, 2.24) is 15.5 Å². The predicted octanol–water partition coefficient (Wildman–Crippen LogP) is 4.15. The maximum Gasteiger partial charge on any atom is 0.157 e. The first-order valence-electron chi connectivity index (χ1n) is 7.14. The lowest BCUT2D eigenvalue weighted by atomic mass is 10.1. The minimum atomic E-state index is 0.194. The van der Waals surface area contributed by atoms with Gasteiger partial charge in [0.25, 0.3) is 0 Å². The number of nitrogens with one attached hydrogen (secondary N) is 1. The van der Waals surface area contributed by atoms with E-state index < -0.39 is 0 Å². The Kier molecular flexibility index (Phi) is 5.29. The van der Waals surface area contributed by atoms with Crippen LogP contribution in [0.1, 0.15) is 44.0 Å². The Bertz CT molecular complexity index is 537. The summed E-state index contributed by atoms with van der Waals surface area (Å²) in [6.45, 7) is 9.79. The monoisotopic (exact) mass is 309 g/mol. The topological polar surface area (TPSA) is 37.8 Å². The van der Waals surface area contributed by atoms with Crippen LogP contribution in [0.4, 0.5) is 0 Å². The van der Waals surface area contributed by atoms with Crippen LogP contribution in [0.25, 0.3) is 9.88 Å². The third kappa shape index (κ3) is 4.65. The summed E-state index contributed by atoms with van der Waals surface area (Å²) in [5, 5.41) is 14.3. The molecule has 0 atom stereocenters. The SMILES string of the molecule is CCc1ccc(-c2nnc(CCCNC(C)(C)C)s2)s1. The molecule has 20 heavy (non-hydrogen) atoms. The molecule has 1 N–H and O–H groups in total. The quantitative estimate of drug-likeness (QED) is 0.815. The molecule has 2 heterocycles. The molecule has 3 nitrogen and oxygen atoms in total. The molecule has 5 heteroatoms. The number of aryl methyl sites for hydroxylation is 2. The Balaban J connectivity index is 1.86. The standard InChI is InChI=1S/C15H23N3S2/c1-5-11-8-9-12(19-11)14-18-17-13(20-14)7-6-10-16-15(2,3)4/h8-9,16H,5-7,10H2,1-4H3. The van der Waals surface area contributed by atoms with Crippen molar-refractivity contribution in [3.8, 4) is 9.88 Å². The van der Waals surface area contributed by atoms with Crippen molar-refractivity contribution in [2.45, 2.75) is 52.5 Å². The van der Waals surface area contributed by atoms with Gasteiger partial charge in [-0.3, -0.25) is 0 Å². The molecule has 110 valence electrons. The lowest BCUT2D eigenvalue weighted by Crippen LogP contribution is -2.36. The van der Waals surface area contributed by atoms with Gasteiger partial charge in [0.05, 0.1) is 4.88 Å². The fourth-order valence-corrected chi connectivity index (χ4v) is 3.72. The number of aromatic nitrogens is 2. The minimum absolute atomic E-state index is 0.194. The Labute approximate surface area is 129 Å². The van der Waals surface area contributed by atoms with Gasteiger partial charge in [-0.1, -0.05) is 18.3 Å². The molecular weight excluding hydrogens is 286 g/mol. The lowest BCUT2D eigenvalue weighted by Gasteiger charge is -2.20. The second-order valence-electron chi connectivity index (χ2n) is 5.90. The van der Waals surface area contributed by atoms with Gasteiger partial charge in [-0.05, 0) is 52.3 Å². The van der Waals surface area contributed by atoms with Crippen LogP contribution in [-0.4, -0.2) is 22.3 Å². The van der Waals surface area contributed by atoms with Gasteiger partial charge < -0.3 is 5.32 Å². The molecule has 0 bridgehead atoms. The summed E-state index contributed by atoms with van der Waals surface area (Å²) in [6.07, 6.45) is 3.21. The van der Waals surface area contributed by atoms with Crippen molar-refractivity contribution in [3.63, 3.8) is 0 Å². The molecule has 0 radical (unpaired) electrons. The van der Waals surface area contributed by atoms with Gasteiger partial charge in [0.1, 0.15) is 5.01 Å². The second-order valence-corrected chi connectivity index (χ2v) is 8.13. The minimum Gasteiger partial charge on any atom is -0.312 e. The van der Waals surface area contributed by atoms with Crippen LogP contribution in [0.5, 0.6) is 0 Å². The Morgan fingerprint density at radius 2 is 1.95 bits per heavy atom. The third-order valence-electron chi connectivity index (χ3n) is 2.91. The van der Waals surface area contributed by atoms with Crippen LogP contribution in [0.3, 0.4) is 0 Å². The fraction of sp³-hybridized carbons (Fsp3) is 0.600. The molecule has 2 rings (SSSR count). The summed E-state index contributed by atoms with van der Waals surface area (Å²) < 4.78 is 0. The zero-order chi connectivity index (χ0) is 14.6. The molecule has 0 aromatic carbocycles. The van der Waals surface area contributed by atoms with E-state index in [1.165, 1.54) is 9.75 Å².